The van der Waals surface area contributed by atoms with Crippen LogP contribution in [0.2, 0.25) is 19.6 Å². The van der Waals surface area contributed by atoms with Gasteiger partial charge in [0.25, 0.3) is 0 Å². The van der Waals surface area contributed by atoms with Crippen LogP contribution in [0.25, 0.3) is 0 Å². The second-order valence-electron chi connectivity index (χ2n) is 6.86. The predicted molar refractivity (Wildman–Crippen MR) is 105 cm³/mol. The SMILES string of the molecule is CN1CCN=C(c2cccs2)c2cc(C#C[Si](C)(C)C)ccc21. The lowest BCUT2D eigenvalue weighted by Crippen LogP contribution is -2.20. The first kappa shape index (κ1) is 16.0. The van der Waals surface area contributed by atoms with Crippen molar-refractivity contribution >= 4 is 30.8 Å². The van der Waals surface area contributed by atoms with Gasteiger partial charge in [0, 0.05) is 30.4 Å². The Morgan fingerprint density at radius 3 is 2.74 bits per heavy atom. The molecule has 0 fully saturated rings. The van der Waals surface area contributed by atoms with Crippen LogP contribution in [0, 0.1) is 11.5 Å². The van der Waals surface area contributed by atoms with E-state index in [1.807, 2.05) is 0 Å². The van der Waals surface area contributed by atoms with Crippen molar-refractivity contribution in [2.24, 2.45) is 4.99 Å². The van der Waals surface area contributed by atoms with Gasteiger partial charge >= 0.3 is 0 Å². The zero-order chi connectivity index (χ0) is 16.4. The first-order valence-electron chi connectivity index (χ1n) is 7.91. The highest BCUT2D eigenvalue weighted by molar-refractivity contribution is 7.12. The molecule has 0 N–H and O–H groups in total. The number of fused-ring (bicyclic) bond motifs is 1. The number of hydrogen-bond acceptors (Lipinski definition) is 3. The average molecular weight is 339 g/mol. The highest BCUT2D eigenvalue weighted by atomic mass is 32.1. The van der Waals surface area contributed by atoms with Crippen LogP contribution < -0.4 is 4.90 Å². The second kappa shape index (κ2) is 6.35. The van der Waals surface area contributed by atoms with Crippen molar-refractivity contribution in [3.63, 3.8) is 0 Å². The van der Waals surface area contributed by atoms with Crippen LogP contribution in [-0.2, 0) is 0 Å². The summed E-state index contributed by atoms with van der Waals surface area (Å²) < 4.78 is 0. The van der Waals surface area contributed by atoms with Gasteiger partial charge in [-0.25, -0.2) is 0 Å². The lowest BCUT2D eigenvalue weighted by molar-refractivity contribution is 0.896. The summed E-state index contributed by atoms with van der Waals surface area (Å²) in [4.78, 5) is 8.37. The first-order valence-corrected chi connectivity index (χ1v) is 12.3. The molecule has 0 aliphatic carbocycles. The maximum atomic E-state index is 4.85. The molecule has 118 valence electrons. The monoisotopic (exact) mass is 338 g/mol. The predicted octanol–water partition coefficient (Wildman–Crippen LogP) is 4.26. The summed E-state index contributed by atoms with van der Waals surface area (Å²) in [7, 11) is 0.769. The Morgan fingerprint density at radius 1 is 1.22 bits per heavy atom. The average Bonchev–Trinajstić information content (AvgIpc) is 2.97. The third kappa shape index (κ3) is 3.74. The molecule has 2 heterocycles. The third-order valence-corrected chi connectivity index (χ3v) is 5.46. The van der Waals surface area contributed by atoms with E-state index in [0.717, 1.165) is 24.4 Å². The van der Waals surface area contributed by atoms with Crippen molar-refractivity contribution in [3.05, 3.63) is 51.7 Å². The minimum absolute atomic E-state index is 0.828. The summed E-state index contributed by atoms with van der Waals surface area (Å²) in [5, 5.41) is 2.11. The highest BCUT2D eigenvalue weighted by Crippen LogP contribution is 2.28. The maximum absolute atomic E-state index is 4.85. The number of hydrogen-bond donors (Lipinski definition) is 0. The van der Waals surface area contributed by atoms with E-state index in [0.29, 0.717) is 0 Å². The van der Waals surface area contributed by atoms with E-state index in [4.69, 9.17) is 4.99 Å². The molecule has 0 atom stereocenters. The first-order chi connectivity index (χ1) is 10.9. The summed E-state index contributed by atoms with van der Waals surface area (Å²) in [5.41, 5.74) is 8.10. The van der Waals surface area contributed by atoms with E-state index in [1.54, 1.807) is 11.3 Å². The minimum Gasteiger partial charge on any atom is -0.372 e. The van der Waals surface area contributed by atoms with E-state index in [-0.39, 0.29) is 0 Å². The summed E-state index contributed by atoms with van der Waals surface area (Å²) >= 11 is 1.75. The largest absolute Gasteiger partial charge is 0.372 e. The molecule has 2 nitrogen and oxygen atoms in total. The number of aliphatic imine (C=N–C) groups is 1. The maximum Gasteiger partial charge on any atom is 0.129 e. The Balaban J connectivity index is 2.10. The zero-order valence-corrected chi connectivity index (χ0v) is 16.0. The van der Waals surface area contributed by atoms with Crippen molar-refractivity contribution in [2.45, 2.75) is 19.6 Å². The molecule has 0 bridgehead atoms. The van der Waals surface area contributed by atoms with Crippen LogP contribution in [0.5, 0.6) is 0 Å². The van der Waals surface area contributed by atoms with Crippen LogP contribution in [0.1, 0.15) is 16.0 Å². The van der Waals surface area contributed by atoms with Gasteiger partial charge in [0.15, 0.2) is 0 Å². The van der Waals surface area contributed by atoms with Crippen LogP contribution in [-0.4, -0.2) is 33.9 Å². The summed E-state index contributed by atoms with van der Waals surface area (Å²) in [6.45, 7) is 8.59. The van der Waals surface area contributed by atoms with Gasteiger partial charge in [0.1, 0.15) is 8.07 Å². The van der Waals surface area contributed by atoms with Gasteiger partial charge in [-0.15, -0.1) is 16.9 Å². The number of rotatable bonds is 1. The topological polar surface area (TPSA) is 15.6 Å². The molecule has 0 amide bonds. The molecular weight excluding hydrogens is 316 g/mol. The number of anilines is 1. The molecule has 1 aromatic carbocycles. The molecular formula is C19H22N2SSi. The molecule has 0 radical (unpaired) electrons. The van der Waals surface area contributed by atoms with Crippen LogP contribution >= 0.6 is 11.3 Å². The highest BCUT2D eigenvalue weighted by Gasteiger charge is 2.18. The fourth-order valence-electron chi connectivity index (χ4n) is 2.54. The Hall–Kier alpha value is -1.83. The van der Waals surface area contributed by atoms with Gasteiger partial charge in [-0.05, 0) is 29.6 Å². The van der Waals surface area contributed by atoms with E-state index in [2.05, 4.69) is 78.8 Å². The minimum atomic E-state index is -1.37. The van der Waals surface area contributed by atoms with Gasteiger partial charge in [-0.1, -0.05) is 31.6 Å². The molecule has 0 saturated heterocycles. The molecule has 1 aromatic heterocycles. The zero-order valence-electron chi connectivity index (χ0n) is 14.2. The molecule has 0 spiro atoms. The molecule has 1 aliphatic rings. The van der Waals surface area contributed by atoms with E-state index in [9.17, 15) is 0 Å². The number of likely N-dealkylation sites (N-methyl/N-ethyl adjacent to an activating group) is 1. The van der Waals surface area contributed by atoms with E-state index in [1.165, 1.54) is 16.1 Å². The lowest BCUT2D eigenvalue weighted by atomic mass is 10.0. The summed E-state index contributed by atoms with van der Waals surface area (Å²) in [6.07, 6.45) is 0. The van der Waals surface area contributed by atoms with Crippen molar-refractivity contribution in [1.29, 1.82) is 0 Å². The number of benzene rings is 1. The number of benzodiazepines with no additional fused rings is 1. The lowest BCUT2D eigenvalue weighted by Gasteiger charge is -2.19. The van der Waals surface area contributed by atoms with Gasteiger partial charge < -0.3 is 4.90 Å². The summed E-state index contributed by atoms with van der Waals surface area (Å²) in [6, 6.07) is 10.8. The Bertz CT molecular complexity index is 789. The molecule has 4 heteroatoms. The van der Waals surface area contributed by atoms with Gasteiger partial charge in [0.2, 0.25) is 0 Å². The molecule has 3 rings (SSSR count). The van der Waals surface area contributed by atoms with E-state index >= 15 is 0 Å². The second-order valence-corrected chi connectivity index (χ2v) is 12.6. The van der Waals surface area contributed by atoms with Gasteiger partial charge in [0.05, 0.1) is 17.1 Å². The van der Waals surface area contributed by atoms with Crippen LogP contribution in [0.15, 0.2) is 40.7 Å². The van der Waals surface area contributed by atoms with Crippen molar-refractivity contribution in [3.8, 4) is 11.5 Å². The van der Waals surface area contributed by atoms with Crippen LogP contribution in [0.3, 0.4) is 0 Å². The smallest absolute Gasteiger partial charge is 0.129 e. The fourth-order valence-corrected chi connectivity index (χ4v) is 3.80. The van der Waals surface area contributed by atoms with Crippen molar-refractivity contribution in [2.75, 3.05) is 25.0 Å². The molecule has 0 saturated carbocycles. The quantitative estimate of drug-likeness (QED) is 0.560. The fraction of sp³-hybridized carbons (Fsp3) is 0.316. The van der Waals surface area contributed by atoms with Gasteiger partial charge in [-0.2, -0.15) is 0 Å². The Labute approximate surface area is 143 Å². The normalized spacial score (nSPS) is 14.4. The Morgan fingerprint density at radius 2 is 2.04 bits per heavy atom. The van der Waals surface area contributed by atoms with Crippen molar-refractivity contribution in [1.82, 2.24) is 0 Å². The number of nitrogens with zero attached hydrogens (tertiary/aromatic N) is 2. The molecule has 2 aromatic rings. The molecule has 0 unspecified atom stereocenters. The molecule has 23 heavy (non-hydrogen) atoms. The van der Waals surface area contributed by atoms with Crippen molar-refractivity contribution < 1.29 is 0 Å². The summed E-state index contributed by atoms with van der Waals surface area (Å²) in [5.74, 6) is 3.38. The van der Waals surface area contributed by atoms with E-state index < -0.39 is 8.07 Å². The van der Waals surface area contributed by atoms with Crippen LogP contribution in [0.4, 0.5) is 5.69 Å². The third-order valence-electron chi connectivity index (χ3n) is 3.70. The number of thiophene rings is 1. The Kier molecular flexibility index (Phi) is 4.43. The standard InChI is InChI=1S/C19H22N2SSi/c1-21-11-10-20-19(18-6-5-12-22-18)16-14-15(7-8-17(16)21)9-13-23(2,3)4/h5-8,12,14H,10-11H2,1-4H3. The molecule has 1 aliphatic heterocycles. The van der Waals surface area contributed by atoms with Gasteiger partial charge in [-0.3, -0.25) is 4.99 Å².